The molecule has 0 saturated heterocycles. The SMILES string of the molecule is C#CC1=NN=C(c2ccc(OC)c(OC)c2)c2cc(OC)c(OC)cc2C1CC. The lowest BCUT2D eigenvalue weighted by Crippen LogP contribution is -2.13. The van der Waals surface area contributed by atoms with E-state index in [2.05, 4.69) is 23.0 Å². The van der Waals surface area contributed by atoms with Crippen LogP contribution in [0.2, 0.25) is 0 Å². The van der Waals surface area contributed by atoms with Crippen LogP contribution < -0.4 is 18.9 Å². The lowest BCUT2D eigenvalue weighted by atomic mass is 9.85. The second kappa shape index (κ2) is 8.70. The second-order valence-corrected chi connectivity index (χ2v) is 6.40. The number of ether oxygens (including phenoxy) is 4. The highest BCUT2D eigenvalue weighted by atomic mass is 16.5. The van der Waals surface area contributed by atoms with E-state index in [1.54, 1.807) is 28.4 Å². The number of hydrogen-bond acceptors (Lipinski definition) is 6. The van der Waals surface area contributed by atoms with Crippen molar-refractivity contribution < 1.29 is 18.9 Å². The summed E-state index contributed by atoms with van der Waals surface area (Å²) in [6, 6.07) is 9.50. The summed E-state index contributed by atoms with van der Waals surface area (Å²) >= 11 is 0. The van der Waals surface area contributed by atoms with Gasteiger partial charge in [0.1, 0.15) is 11.4 Å². The van der Waals surface area contributed by atoms with Crippen molar-refractivity contribution in [3.8, 4) is 35.3 Å². The van der Waals surface area contributed by atoms with E-state index in [4.69, 9.17) is 25.4 Å². The molecule has 1 aliphatic rings. The summed E-state index contributed by atoms with van der Waals surface area (Å²) in [5, 5.41) is 8.91. The number of methoxy groups -OCH3 is 4. The van der Waals surface area contributed by atoms with Gasteiger partial charge in [0, 0.05) is 17.0 Å². The Morgan fingerprint density at radius 3 is 2.07 bits per heavy atom. The topological polar surface area (TPSA) is 61.6 Å². The van der Waals surface area contributed by atoms with E-state index in [1.165, 1.54) is 0 Å². The summed E-state index contributed by atoms with van der Waals surface area (Å²) in [7, 11) is 6.42. The van der Waals surface area contributed by atoms with Gasteiger partial charge < -0.3 is 18.9 Å². The maximum atomic E-state index is 5.75. The summed E-state index contributed by atoms with van der Waals surface area (Å²) in [6.07, 6.45) is 6.53. The van der Waals surface area contributed by atoms with Gasteiger partial charge in [-0.2, -0.15) is 0 Å². The molecule has 6 nitrogen and oxygen atoms in total. The van der Waals surface area contributed by atoms with Gasteiger partial charge in [-0.1, -0.05) is 12.8 Å². The van der Waals surface area contributed by atoms with Crippen molar-refractivity contribution in [2.75, 3.05) is 28.4 Å². The quantitative estimate of drug-likeness (QED) is 0.696. The predicted octanol–water partition coefficient (Wildman–Crippen LogP) is 4.05. The minimum absolute atomic E-state index is 0.0730. The number of hydrogen-bond donors (Lipinski definition) is 0. The number of rotatable bonds is 6. The fourth-order valence-corrected chi connectivity index (χ4v) is 3.50. The maximum absolute atomic E-state index is 5.75. The third-order valence-corrected chi connectivity index (χ3v) is 4.99. The second-order valence-electron chi connectivity index (χ2n) is 6.40. The zero-order valence-electron chi connectivity index (χ0n) is 17.3. The van der Waals surface area contributed by atoms with Crippen LogP contribution in [0.5, 0.6) is 23.0 Å². The molecule has 1 aliphatic heterocycles. The lowest BCUT2D eigenvalue weighted by Gasteiger charge is -2.20. The molecule has 6 heteroatoms. The molecular formula is C23H24N2O4. The van der Waals surface area contributed by atoms with Gasteiger partial charge in [0.2, 0.25) is 0 Å². The Bertz CT molecular complexity index is 1020. The molecule has 0 spiro atoms. The predicted molar refractivity (Wildman–Crippen MR) is 114 cm³/mol. The molecule has 0 amide bonds. The molecular weight excluding hydrogens is 368 g/mol. The molecule has 2 aromatic rings. The van der Waals surface area contributed by atoms with Gasteiger partial charge >= 0.3 is 0 Å². The molecule has 1 heterocycles. The van der Waals surface area contributed by atoms with Crippen LogP contribution in [0.15, 0.2) is 40.5 Å². The molecule has 0 aromatic heterocycles. The highest BCUT2D eigenvalue weighted by Gasteiger charge is 2.27. The van der Waals surface area contributed by atoms with E-state index in [0.29, 0.717) is 34.4 Å². The first-order chi connectivity index (χ1) is 14.1. The molecule has 29 heavy (non-hydrogen) atoms. The number of benzene rings is 2. The van der Waals surface area contributed by atoms with Crippen molar-refractivity contribution in [1.29, 1.82) is 0 Å². The van der Waals surface area contributed by atoms with Crippen LogP contribution in [0.3, 0.4) is 0 Å². The van der Waals surface area contributed by atoms with Crippen LogP contribution in [0.4, 0.5) is 0 Å². The fourth-order valence-electron chi connectivity index (χ4n) is 3.50. The Morgan fingerprint density at radius 2 is 1.48 bits per heavy atom. The summed E-state index contributed by atoms with van der Waals surface area (Å²) in [4.78, 5) is 0. The van der Waals surface area contributed by atoms with Crippen LogP contribution in [-0.4, -0.2) is 39.9 Å². The average Bonchev–Trinajstić information content (AvgIpc) is 2.93. The van der Waals surface area contributed by atoms with Crippen LogP contribution in [0, 0.1) is 12.3 Å². The Kier molecular flexibility index (Phi) is 6.08. The number of fused-ring (bicyclic) bond motifs is 1. The lowest BCUT2D eigenvalue weighted by molar-refractivity contribution is 0.354. The molecule has 0 fully saturated rings. The zero-order chi connectivity index (χ0) is 21.0. The summed E-state index contributed by atoms with van der Waals surface area (Å²) in [5.41, 5.74) is 3.96. The molecule has 0 N–H and O–H groups in total. The van der Waals surface area contributed by atoms with E-state index in [-0.39, 0.29) is 5.92 Å². The van der Waals surface area contributed by atoms with E-state index >= 15 is 0 Å². The van der Waals surface area contributed by atoms with E-state index < -0.39 is 0 Å². The Morgan fingerprint density at radius 1 is 0.862 bits per heavy atom. The average molecular weight is 392 g/mol. The molecule has 1 atom stereocenters. The van der Waals surface area contributed by atoms with Crippen molar-refractivity contribution in [3.63, 3.8) is 0 Å². The summed E-state index contributed by atoms with van der Waals surface area (Å²) < 4.78 is 21.9. The molecule has 0 radical (unpaired) electrons. The number of nitrogens with zero attached hydrogens (tertiary/aromatic N) is 2. The highest BCUT2D eigenvalue weighted by molar-refractivity contribution is 6.17. The smallest absolute Gasteiger partial charge is 0.161 e. The van der Waals surface area contributed by atoms with E-state index in [1.807, 2.05) is 30.3 Å². The first kappa shape index (κ1) is 20.3. The standard InChI is InChI=1S/C23H24N2O4/c1-7-15-16-12-21(28-5)22(29-6)13-17(16)23(25-24-18(15)8-2)14-9-10-19(26-3)20(11-14)27-4/h2,9-13,15H,7H2,1,3-6H3. The first-order valence-electron chi connectivity index (χ1n) is 9.22. The van der Waals surface area contributed by atoms with Gasteiger partial charge in [-0.15, -0.1) is 16.6 Å². The molecule has 0 bridgehead atoms. The normalized spacial score (nSPS) is 15.2. The van der Waals surface area contributed by atoms with Gasteiger partial charge in [-0.25, -0.2) is 0 Å². The molecule has 2 aromatic carbocycles. The minimum Gasteiger partial charge on any atom is -0.493 e. The first-order valence-corrected chi connectivity index (χ1v) is 9.22. The van der Waals surface area contributed by atoms with E-state index in [9.17, 15) is 0 Å². The summed E-state index contributed by atoms with van der Waals surface area (Å²) in [6.45, 7) is 2.07. The molecule has 0 saturated carbocycles. The van der Waals surface area contributed by atoms with Crippen molar-refractivity contribution in [3.05, 3.63) is 47.0 Å². The Balaban J connectivity index is 2.29. The zero-order valence-corrected chi connectivity index (χ0v) is 17.3. The van der Waals surface area contributed by atoms with Gasteiger partial charge in [0.15, 0.2) is 23.0 Å². The monoisotopic (exact) mass is 392 g/mol. The van der Waals surface area contributed by atoms with Crippen LogP contribution in [0.1, 0.15) is 36.0 Å². The summed E-state index contributed by atoms with van der Waals surface area (Å²) in [5.74, 6) is 5.10. The van der Waals surface area contributed by atoms with Gasteiger partial charge in [0.25, 0.3) is 0 Å². The molecule has 1 unspecified atom stereocenters. The van der Waals surface area contributed by atoms with E-state index in [0.717, 1.165) is 23.1 Å². The minimum atomic E-state index is -0.0730. The fraction of sp³-hybridized carbons (Fsp3) is 0.304. The largest absolute Gasteiger partial charge is 0.493 e. The van der Waals surface area contributed by atoms with Crippen molar-refractivity contribution in [1.82, 2.24) is 0 Å². The Hall–Kier alpha value is -3.46. The third kappa shape index (κ3) is 3.64. The Labute approximate surface area is 171 Å². The number of terminal acetylenes is 1. The van der Waals surface area contributed by atoms with Crippen molar-refractivity contribution in [2.24, 2.45) is 10.2 Å². The van der Waals surface area contributed by atoms with Crippen LogP contribution in [0.25, 0.3) is 0 Å². The van der Waals surface area contributed by atoms with Crippen LogP contribution >= 0.6 is 0 Å². The molecule has 0 aliphatic carbocycles. The van der Waals surface area contributed by atoms with Gasteiger partial charge in [-0.05, 0) is 42.3 Å². The maximum Gasteiger partial charge on any atom is 0.161 e. The van der Waals surface area contributed by atoms with Crippen molar-refractivity contribution in [2.45, 2.75) is 19.3 Å². The molecule has 150 valence electrons. The third-order valence-electron chi connectivity index (χ3n) is 4.99. The van der Waals surface area contributed by atoms with Crippen LogP contribution in [-0.2, 0) is 0 Å². The highest BCUT2D eigenvalue weighted by Crippen LogP contribution is 2.39. The van der Waals surface area contributed by atoms with Crippen molar-refractivity contribution >= 4 is 11.4 Å². The van der Waals surface area contributed by atoms with Gasteiger partial charge in [-0.3, -0.25) is 0 Å². The molecule has 3 rings (SSSR count). The van der Waals surface area contributed by atoms with Gasteiger partial charge in [0.05, 0.1) is 28.4 Å².